The summed E-state index contributed by atoms with van der Waals surface area (Å²) in [5.74, 6) is -0.959. The van der Waals surface area contributed by atoms with Gasteiger partial charge in [-0.15, -0.1) is 0 Å². The third-order valence-electron chi connectivity index (χ3n) is 5.62. The van der Waals surface area contributed by atoms with Gasteiger partial charge in [0.25, 0.3) is 0 Å². The first-order valence-corrected chi connectivity index (χ1v) is 14.6. The highest BCUT2D eigenvalue weighted by molar-refractivity contribution is 7.92. The Hall–Kier alpha value is -1.71. The van der Waals surface area contributed by atoms with Gasteiger partial charge in [0.05, 0.1) is 27.0 Å². The maximum absolute atomic E-state index is 13.7. The molecule has 198 valence electrons. The first kappa shape index (κ1) is 30.5. The topological polar surface area (TPSA) is 86.8 Å². The second-order valence-corrected chi connectivity index (χ2v) is 11.9. The molecule has 0 saturated heterocycles. The fourth-order valence-corrected chi connectivity index (χ4v) is 5.21. The first-order valence-electron chi connectivity index (χ1n) is 11.3. The number of rotatable bonds is 11. The normalized spacial score (nSPS) is 13.1. The van der Waals surface area contributed by atoms with E-state index in [1.54, 1.807) is 31.2 Å². The van der Waals surface area contributed by atoms with Crippen molar-refractivity contribution in [1.29, 1.82) is 0 Å². The van der Waals surface area contributed by atoms with Crippen LogP contribution < -0.4 is 9.62 Å². The van der Waals surface area contributed by atoms with E-state index in [0.29, 0.717) is 23.4 Å². The van der Waals surface area contributed by atoms with Crippen LogP contribution in [0.3, 0.4) is 0 Å². The van der Waals surface area contributed by atoms with Gasteiger partial charge in [0.2, 0.25) is 21.8 Å². The highest BCUT2D eigenvalue weighted by Gasteiger charge is 2.33. The molecule has 0 bridgehead atoms. The zero-order chi connectivity index (χ0) is 27.2. The van der Waals surface area contributed by atoms with Gasteiger partial charge in [0.1, 0.15) is 12.6 Å². The SMILES string of the molecule is CCC(C)NC(=O)C(CC)N(Cc1ccccc1Cl)C(=O)CN(c1cc(Cl)c(Cl)cc1Cl)S(C)(=O)=O. The second kappa shape index (κ2) is 13.2. The van der Waals surface area contributed by atoms with E-state index in [9.17, 15) is 18.0 Å². The predicted octanol–water partition coefficient (Wildman–Crippen LogP) is 5.79. The molecule has 0 aliphatic rings. The molecule has 0 heterocycles. The lowest BCUT2D eigenvalue weighted by molar-refractivity contribution is -0.140. The Balaban J connectivity index is 2.52. The predicted molar refractivity (Wildman–Crippen MR) is 148 cm³/mol. The van der Waals surface area contributed by atoms with Crippen LogP contribution >= 0.6 is 46.4 Å². The van der Waals surface area contributed by atoms with Gasteiger partial charge in [-0.2, -0.15) is 0 Å². The van der Waals surface area contributed by atoms with E-state index in [0.717, 1.165) is 10.6 Å². The quantitative estimate of drug-likeness (QED) is 0.333. The summed E-state index contributed by atoms with van der Waals surface area (Å²) in [7, 11) is -3.98. The third kappa shape index (κ3) is 7.89. The molecule has 2 atom stereocenters. The molecular formula is C24H29Cl4N3O4S. The van der Waals surface area contributed by atoms with E-state index < -0.39 is 28.5 Å². The first-order chi connectivity index (χ1) is 16.8. The molecule has 0 aliphatic heterocycles. The molecule has 7 nitrogen and oxygen atoms in total. The van der Waals surface area contributed by atoms with Crippen molar-refractivity contribution in [2.45, 2.75) is 52.2 Å². The van der Waals surface area contributed by atoms with Gasteiger partial charge in [0, 0.05) is 17.6 Å². The van der Waals surface area contributed by atoms with Gasteiger partial charge < -0.3 is 10.2 Å². The van der Waals surface area contributed by atoms with Crippen molar-refractivity contribution in [1.82, 2.24) is 10.2 Å². The van der Waals surface area contributed by atoms with E-state index in [-0.39, 0.29) is 39.2 Å². The van der Waals surface area contributed by atoms with Crippen LogP contribution in [-0.2, 0) is 26.2 Å². The highest BCUT2D eigenvalue weighted by Crippen LogP contribution is 2.35. The van der Waals surface area contributed by atoms with Gasteiger partial charge in [-0.25, -0.2) is 8.42 Å². The van der Waals surface area contributed by atoms with Crippen molar-refractivity contribution in [2.75, 3.05) is 17.1 Å². The Morgan fingerprint density at radius 3 is 2.11 bits per heavy atom. The van der Waals surface area contributed by atoms with Gasteiger partial charge >= 0.3 is 0 Å². The average molecular weight is 597 g/mol. The molecule has 2 unspecified atom stereocenters. The van der Waals surface area contributed by atoms with Crippen LogP contribution in [0.5, 0.6) is 0 Å². The number of benzene rings is 2. The van der Waals surface area contributed by atoms with Crippen LogP contribution in [0.25, 0.3) is 0 Å². The molecule has 2 amide bonds. The minimum Gasteiger partial charge on any atom is -0.352 e. The largest absolute Gasteiger partial charge is 0.352 e. The number of nitrogens with zero attached hydrogens (tertiary/aromatic N) is 2. The molecular weight excluding hydrogens is 568 g/mol. The van der Waals surface area contributed by atoms with Crippen molar-refractivity contribution in [2.24, 2.45) is 0 Å². The van der Waals surface area contributed by atoms with Crippen molar-refractivity contribution >= 4 is 73.9 Å². The van der Waals surface area contributed by atoms with Crippen LogP contribution in [0.2, 0.25) is 20.1 Å². The van der Waals surface area contributed by atoms with Crippen molar-refractivity contribution in [3.63, 3.8) is 0 Å². The minimum atomic E-state index is -3.98. The summed E-state index contributed by atoms with van der Waals surface area (Å²) in [5, 5.41) is 3.53. The fraction of sp³-hybridized carbons (Fsp3) is 0.417. The molecule has 0 fully saturated rings. The Morgan fingerprint density at radius 2 is 1.56 bits per heavy atom. The molecule has 0 aromatic heterocycles. The molecule has 2 aromatic rings. The number of halogens is 4. The van der Waals surface area contributed by atoms with Crippen molar-refractivity contribution in [3.05, 3.63) is 62.1 Å². The number of nitrogens with one attached hydrogen (secondary N) is 1. The van der Waals surface area contributed by atoms with Crippen LogP contribution in [0.15, 0.2) is 36.4 Å². The monoisotopic (exact) mass is 595 g/mol. The molecule has 36 heavy (non-hydrogen) atoms. The van der Waals surface area contributed by atoms with E-state index in [1.165, 1.54) is 17.0 Å². The standard InChI is InChI=1S/C24H29Cl4N3O4S/c1-5-15(3)29-24(33)21(6-2)30(13-16-9-7-8-10-17(16)25)23(32)14-31(36(4,34)35)22-12-19(27)18(26)11-20(22)28/h7-12,15,21H,5-6,13-14H2,1-4H3,(H,29,33). The summed E-state index contributed by atoms with van der Waals surface area (Å²) in [5.41, 5.74) is 0.609. The highest BCUT2D eigenvalue weighted by atomic mass is 35.5. The minimum absolute atomic E-state index is 0.00170. The molecule has 0 aliphatic carbocycles. The summed E-state index contributed by atoms with van der Waals surface area (Å²) < 4.78 is 26.3. The number of anilines is 1. The maximum Gasteiger partial charge on any atom is 0.244 e. The molecule has 0 spiro atoms. The summed E-state index contributed by atoms with van der Waals surface area (Å²) >= 11 is 24.7. The third-order valence-corrected chi connectivity index (χ3v) is 8.14. The fourth-order valence-electron chi connectivity index (χ4n) is 3.47. The Kier molecular flexibility index (Phi) is 11.2. The lowest BCUT2D eigenvalue weighted by Crippen LogP contribution is -2.53. The van der Waals surface area contributed by atoms with Crippen LogP contribution in [0.1, 0.15) is 39.2 Å². The van der Waals surface area contributed by atoms with Gasteiger partial charge in [-0.05, 0) is 43.5 Å². The lowest BCUT2D eigenvalue weighted by Gasteiger charge is -2.33. The van der Waals surface area contributed by atoms with Crippen LogP contribution in [0, 0.1) is 0 Å². The maximum atomic E-state index is 13.7. The van der Waals surface area contributed by atoms with Gasteiger partial charge in [-0.3, -0.25) is 13.9 Å². The zero-order valence-electron chi connectivity index (χ0n) is 20.4. The van der Waals surface area contributed by atoms with E-state index in [1.807, 2.05) is 13.8 Å². The van der Waals surface area contributed by atoms with Gasteiger partial charge in [0.15, 0.2) is 0 Å². The molecule has 0 saturated carbocycles. The number of carbonyl (C=O) groups is 2. The van der Waals surface area contributed by atoms with E-state index in [4.69, 9.17) is 46.4 Å². The number of sulfonamides is 1. The molecule has 2 aromatic carbocycles. The number of amides is 2. The summed E-state index contributed by atoms with van der Waals surface area (Å²) in [4.78, 5) is 28.2. The van der Waals surface area contributed by atoms with E-state index in [2.05, 4.69) is 5.32 Å². The smallest absolute Gasteiger partial charge is 0.244 e. The molecule has 2 rings (SSSR count). The zero-order valence-corrected chi connectivity index (χ0v) is 24.2. The number of carbonyl (C=O) groups excluding carboxylic acids is 2. The van der Waals surface area contributed by atoms with Crippen LogP contribution in [-0.4, -0.2) is 50.0 Å². The van der Waals surface area contributed by atoms with Crippen molar-refractivity contribution in [3.8, 4) is 0 Å². The van der Waals surface area contributed by atoms with Crippen LogP contribution in [0.4, 0.5) is 5.69 Å². The average Bonchev–Trinajstić information content (AvgIpc) is 2.80. The summed E-state index contributed by atoms with van der Waals surface area (Å²) in [6.07, 6.45) is 1.95. The molecule has 1 N–H and O–H groups in total. The molecule has 0 radical (unpaired) electrons. The van der Waals surface area contributed by atoms with Gasteiger partial charge in [-0.1, -0.05) is 78.5 Å². The van der Waals surface area contributed by atoms with Crippen molar-refractivity contribution < 1.29 is 18.0 Å². The Labute approximate surface area is 232 Å². The Morgan fingerprint density at radius 1 is 0.944 bits per heavy atom. The summed E-state index contributed by atoms with van der Waals surface area (Å²) in [6.45, 7) is 4.95. The van der Waals surface area contributed by atoms with E-state index >= 15 is 0 Å². The number of hydrogen-bond acceptors (Lipinski definition) is 4. The molecule has 12 heteroatoms. The lowest BCUT2D eigenvalue weighted by atomic mass is 10.1. The second-order valence-electron chi connectivity index (χ2n) is 8.34. The summed E-state index contributed by atoms with van der Waals surface area (Å²) in [6, 6.07) is 8.56. The Bertz CT molecular complexity index is 1210. The number of hydrogen-bond donors (Lipinski definition) is 1.